The molecular formula is C26H40IN7. The second-order valence-corrected chi connectivity index (χ2v) is 9.05. The van der Waals surface area contributed by atoms with Gasteiger partial charge in [0.25, 0.3) is 0 Å². The van der Waals surface area contributed by atoms with E-state index >= 15 is 0 Å². The fraction of sp³-hybridized carbons (Fsp3) is 0.538. The van der Waals surface area contributed by atoms with Crippen LogP contribution in [0.5, 0.6) is 0 Å². The van der Waals surface area contributed by atoms with Gasteiger partial charge in [0.05, 0.1) is 0 Å². The van der Waals surface area contributed by atoms with Gasteiger partial charge in [-0.2, -0.15) is 0 Å². The van der Waals surface area contributed by atoms with Crippen LogP contribution in [0.25, 0.3) is 0 Å². The Bertz CT molecular complexity index is 876. The number of aromatic nitrogens is 1. The average molecular weight is 578 g/mol. The summed E-state index contributed by atoms with van der Waals surface area (Å²) < 4.78 is 0. The highest BCUT2D eigenvalue weighted by Crippen LogP contribution is 2.16. The molecule has 7 nitrogen and oxygen atoms in total. The number of halogens is 1. The van der Waals surface area contributed by atoms with Crippen LogP contribution in [-0.2, 0) is 13.1 Å². The predicted molar refractivity (Wildman–Crippen MR) is 152 cm³/mol. The highest BCUT2D eigenvalue weighted by Gasteiger charge is 2.20. The van der Waals surface area contributed by atoms with Gasteiger partial charge in [-0.3, -0.25) is 9.89 Å². The molecule has 0 saturated carbocycles. The first kappa shape index (κ1) is 26.7. The second kappa shape index (κ2) is 13.8. The summed E-state index contributed by atoms with van der Waals surface area (Å²) in [6.45, 7) is 11.7. The summed E-state index contributed by atoms with van der Waals surface area (Å²) in [4.78, 5) is 16.5. The van der Waals surface area contributed by atoms with Gasteiger partial charge >= 0.3 is 0 Å². The maximum absolute atomic E-state index is 4.62. The van der Waals surface area contributed by atoms with E-state index in [0.717, 1.165) is 83.5 Å². The monoisotopic (exact) mass is 577 g/mol. The van der Waals surface area contributed by atoms with Crippen molar-refractivity contribution in [1.29, 1.82) is 0 Å². The molecule has 0 aliphatic carbocycles. The lowest BCUT2D eigenvalue weighted by molar-refractivity contribution is 0.198. The minimum absolute atomic E-state index is 0. The van der Waals surface area contributed by atoms with Crippen molar-refractivity contribution in [2.45, 2.75) is 38.9 Å². The molecule has 2 aliphatic rings. The molecule has 2 fully saturated rings. The first-order valence-electron chi connectivity index (χ1n) is 12.4. The quantitative estimate of drug-likeness (QED) is 0.300. The largest absolute Gasteiger partial charge is 0.354 e. The smallest absolute Gasteiger partial charge is 0.191 e. The summed E-state index contributed by atoms with van der Waals surface area (Å²) in [5.74, 6) is 1.96. The molecule has 4 rings (SSSR count). The Kier molecular flexibility index (Phi) is 10.9. The maximum atomic E-state index is 4.62. The number of anilines is 1. The molecule has 0 unspecified atom stereocenters. The number of hydrogen-bond acceptors (Lipinski definition) is 5. The number of likely N-dealkylation sites (N-methyl/N-ethyl adjacent to an activating group) is 1. The molecule has 0 atom stereocenters. The molecule has 8 heteroatoms. The number of nitrogens with one attached hydrogen (secondary N) is 2. The molecule has 34 heavy (non-hydrogen) atoms. The van der Waals surface area contributed by atoms with Crippen molar-refractivity contribution in [1.82, 2.24) is 25.4 Å². The van der Waals surface area contributed by atoms with Crippen molar-refractivity contribution in [2.75, 3.05) is 57.8 Å². The number of nitrogens with zero attached hydrogens (tertiary/aromatic N) is 5. The van der Waals surface area contributed by atoms with Gasteiger partial charge in [-0.1, -0.05) is 37.3 Å². The van der Waals surface area contributed by atoms with Gasteiger partial charge in [-0.15, -0.1) is 24.0 Å². The zero-order chi connectivity index (χ0) is 22.9. The van der Waals surface area contributed by atoms with E-state index in [1.807, 2.05) is 13.2 Å². The van der Waals surface area contributed by atoms with Crippen LogP contribution in [0.15, 0.2) is 53.7 Å². The summed E-state index contributed by atoms with van der Waals surface area (Å²) in [5.41, 5.74) is 2.63. The number of hydrogen-bond donors (Lipinski definition) is 2. The van der Waals surface area contributed by atoms with E-state index in [1.54, 1.807) is 0 Å². The van der Waals surface area contributed by atoms with E-state index in [2.05, 4.69) is 84.7 Å². The van der Waals surface area contributed by atoms with Gasteiger partial charge in [0.15, 0.2) is 5.96 Å². The number of piperidine rings is 1. The van der Waals surface area contributed by atoms with Crippen molar-refractivity contribution in [3.8, 4) is 0 Å². The Morgan fingerprint density at radius 2 is 1.71 bits per heavy atom. The molecule has 2 aromatic rings. The molecule has 186 valence electrons. The standard InChI is InChI=1S/C26H39N7.HI/c1-3-31-15-17-33(18-16-31)25-19-23(9-12-28-25)20-29-26(27-2)30-24-10-13-32(14-11-24)21-22-7-5-4-6-8-22;/h4-9,12,19,24H,3,10-11,13-18,20-21H2,1-2H3,(H2,27,29,30);1H. The fourth-order valence-electron chi connectivity index (χ4n) is 4.69. The SMILES string of the molecule is CCN1CCN(c2cc(CNC(=NC)NC3CCN(Cc4ccccc4)CC3)ccn2)CC1.I. The van der Waals surface area contributed by atoms with Crippen LogP contribution in [0.3, 0.4) is 0 Å². The first-order valence-corrected chi connectivity index (χ1v) is 12.4. The first-order chi connectivity index (χ1) is 16.2. The summed E-state index contributed by atoms with van der Waals surface area (Å²) >= 11 is 0. The van der Waals surface area contributed by atoms with Crippen LogP contribution in [0.4, 0.5) is 5.82 Å². The summed E-state index contributed by atoms with van der Waals surface area (Å²) in [7, 11) is 1.85. The number of aliphatic imine (C=N–C) groups is 1. The molecule has 3 heterocycles. The van der Waals surface area contributed by atoms with E-state index in [9.17, 15) is 0 Å². The van der Waals surface area contributed by atoms with Gasteiger partial charge in [0.1, 0.15) is 5.82 Å². The van der Waals surface area contributed by atoms with Crippen LogP contribution in [0, 0.1) is 0 Å². The van der Waals surface area contributed by atoms with Crippen molar-refractivity contribution < 1.29 is 0 Å². The van der Waals surface area contributed by atoms with Crippen molar-refractivity contribution in [3.63, 3.8) is 0 Å². The lowest BCUT2D eigenvalue weighted by Crippen LogP contribution is -2.48. The van der Waals surface area contributed by atoms with E-state index in [-0.39, 0.29) is 24.0 Å². The number of rotatable bonds is 7. The third-order valence-corrected chi connectivity index (χ3v) is 6.81. The van der Waals surface area contributed by atoms with E-state index in [0.29, 0.717) is 6.04 Å². The van der Waals surface area contributed by atoms with Crippen LogP contribution in [0.1, 0.15) is 30.9 Å². The maximum Gasteiger partial charge on any atom is 0.191 e. The van der Waals surface area contributed by atoms with Crippen molar-refractivity contribution >= 4 is 35.8 Å². The van der Waals surface area contributed by atoms with E-state index in [1.165, 1.54) is 11.1 Å². The number of likely N-dealkylation sites (tertiary alicyclic amines) is 1. The van der Waals surface area contributed by atoms with Gasteiger partial charge in [-0.05, 0) is 42.6 Å². The minimum atomic E-state index is 0. The molecule has 0 bridgehead atoms. The third-order valence-electron chi connectivity index (χ3n) is 6.81. The lowest BCUT2D eigenvalue weighted by atomic mass is 10.0. The molecule has 1 aromatic heterocycles. The highest BCUT2D eigenvalue weighted by molar-refractivity contribution is 14.0. The molecular weight excluding hydrogens is 537 g/mol. The predicted octanol–water partition coefficient (Wildman–Crippen LogP) is 3.17. The van der Waals surface area contributed by atoms with Gasteiger partial charge in [-0.25, -0.2) is 4.98 Å². The Labute approximate surface area is 222 Å². The normalized spacial score (nSPS) is 18.4. The Balaban J connectivity index is 0.00000324. The van der Waals surface area contributed by atoms with Crippen LogP contribution in [0.2, 0.25) is 0 Å². The molecule has 2 saturated heterocycles. The van der Waals surface area contributed by atoms with Crippen LogP contribution < -0.4 is 15.5 Å². The number of guanidine groups is 1. The number of pyridine rings is 1. The van der Waals surface area contributed by atoms with Crippen LogP contribution in [-0.4, -0.2) is 79.6 Å². The molecule has 2 aliphatic heterocycles. The van der Waals surface area contributed by atoms with Crippen molar-refractivity contribution in [3.05, 3.63) is 59.8 Å². The molecule has 0 spiro atoms. The van der Waals surface area contributed by atoms with Gasteiger partial charge in [0, 0.05) is 71.6 Å². The lowest BCUT2D eigenvalue weighted by Gasteiger charge is -2.35. The zero-order valence-electron chi connectivity index (χ0n) is 20.6. The van der Waals surface area contributed by atoms with Gasteiger partial charge in [0.2, 0.25) is 0 Å². The molecule has 0 amide bonds. The Hall–Kier alpha value is -1.91. The average Bonchev–Trinajstić information content (AvgIpc) is 2.88. The number of piperazine rings is 1. The Morgan fingerprint density at radius 3 is 2.38 bits per heavy atom. The number of benzene rings is 1. The summed E-state index contributed by atoms with van der Waals surface area (Å²) in [5, 5.41) is 7.13. The summed E-state index contributed by atoms with van der Waals surface area (Å²) in [6.07, 6.45) is 4.20. The van der Waals surface area contributed by atoms with E-state index < -0.39 is 0 Å². The molecule has 0 radical (unpaired) electrons. The topological polar surface area (TPSA) is 59.0 Å². The van der Waals surface area contributed by atoms with Crippen molar-refractivity contribution in [2.24, 2.45) is 4.99 Å². The third kappa shape index (κ3) is 7.81. The molecule has 2 N–H and O–H groups in total. The van der Waals surface area contributed by atoms with Gasteiger partial charge < -0.3 is 20.4 Å². The Morgan fingerprint density at radius 1 is 0.971 bits per heavy atom. The fourth-order valence-corrected chi connectivity index (χ4v) is 4.69. The zero-order valence-corrected chi connectivity index (χ0v) is 22.9. The van der Waals surface area contributed by atoms with Crippen LogP contribution >= 0.6 is 24.0 Å². The van der Waals surface area contributed by atoms with E-state index in [4.69, 9.17) is 0 Å². The minimum Gasteiger partial charge on any atom is -0.354 e. The molecule has 1 aromatic carbocycles. The highest BCUT2D eigenvalue weighted by atomic mass is 127. The second-order valence-electron chi connectivity index (χ2n) is 9.05. The summed E-state index contributed by atoms with van der Waals surface area (Å²) in [6, 6.07) is 15.5.